The van der Waals surface area contributed by atoms with Crippen LogP contribution in [0, 0.1) is 0 Å². The van der Waals surface area contributed by atoms with E-state index in [2.05, 4.69) is 10.9 Å². The number of hydrazine groups is 1. The van der Waals surface area contributed by atoms with Crippen molar-refractivity contribution in [3.63, 3.8) is 0 Å². The zero-order valence-electron chi connectivity index (χ0n) is 10.5. The predicted octanol–water partition coefficient (Wildman–Crippen LogP) is -1.88. The van der Waals surface area contributed by atoms with Crippen molar-refractivity contribution in [2.75, 3.05) is 0 Å². The Labute approximate surface area is 113 Å². The molecule has 0 aromatic heterocycles. The van der Waals surface area contributed by atoms with Gasteiger partial charge in [0.05, 0.1) is 0 Å². The molecule has 114 valence electrons. The molecule has 0 heterocycles. The van der Waals surface area contributed by atoms with Crippen molar-refractivity contribution in [2.24, 2.45) is 5.73 Å². The van der Waals surface area contributed by atoms with Gasteiger partial charge in [-0.1, -0.05) is 0 Å². The Balaban J connectivity index is 4.39. The first kappa shape index (κ1) is 17.8. The molecular formula is C10H17N3O7. The van der Waals surface area contributed by atoms with Crippen LogP contribution in [-0.2, 0) is 19.2 Å². The van der Waals surface area contributed by atoms with Gasteiger partial charge in [-0.3, -0.25) is 19.2 Å². The number of carboxylic acids is 3. The SMILES string of the molecule is NC(=O)CCC(NNC(CCC(=O)O)C(=O)O)C(=O)O. The van der Waals surface area contributed by atoms with Crippen LogP contribution in [0.15, 0.2) is 0 Å². The van der Waals surface area contributed by atoms with Gasteiger partial charge in [-0.05, 0) is 12.8 Å². The number of amides is 1. The quantitative estimate of drug-likeness (QED) is 0.237. The standard InChI is InChI=1S/C10H17N3O7/c11-7(14)3-1-5(9(17)18)12-13-6(10(19)20)2-4-8(15)16/h5-6,12-13H,1-4H2,(H2,11,14)(H,15,16)(H,17,18)(H,19,20). The van der Waals surface area contributed by atoms with Crippen LogP contribution in [0.25, 0.3) is 0 Å². The first-order chi connectivity index (χ1) is 9.23. The minimum Gasteiger partial charge on any atom is -0.481 e. The molecule has 0 spiro atoms. The molecule has 2 unspecified atom stereocenters. The first-order valence-corrected chi connectivity index (χ1v) is 5.70. The van der Waals surface area contributed by atoms with E-state index in [-0.39, 0.29) is 25.7 Å². The number of primary amides is 1. The Kier molecular flexibility index (Phi) is 7.85. The summed E-state index contributed by atoms with van der Waals surface area (Å²) in [5.74, 6) is -4.46. The summed E-state index contributed by atoms with van der Waals surface area (Å²) in [6, 6.07) is -2.48. The minimum absolute atomic E-state index is 0.122. The van der Waals surface area contributed by atoms with E-state index in [4.69, 9.17) is 21.1 Å². The van der Waals surface area contributed by atoms with Gasteiger partial charge in [0.25, 0.3) is 0 Å². The van der Waals surface area contributed by atoms with Crippen molar-refractivity contribution in [1.29, 1.82) is 0 Å². The van der Waals surface area contributed by atoms with Crippen LogP contribution in [0.4, 0.5) is 0 Å². The van der Waals surface area contributed by atoms with E-state index in [1.165, 1.54) is 0 Å². The molecule has 0 radical (unpaired) electrons. The van der Waals surface area contributed by atoms with Crippen molar-refractivity contribution in [2.45, 2.75) is 37.8 Å². The lowest BCUT2D eigenvalue weighted by Crippen LogP contribution is -2.52. The lowest BCUT2D eigenvalue weighted by molar-refractivity contribution is -0.144. The van der Waals surface area contributed by atoms with Crippen molar-refractivity contribution in [3.8, 4) is 0 Å². The smallest absolute Gasteiger partial charge is 0.322 e. The van der Waals surface area contributed by atoms with Gasteiger partial charge in [0.2, 0.25) is 5.91 Å². The molecule has 0 aliphatic rings. The van der Waals surface area contributed by atoms with Crippen LogP contribution in [0.3, 0.4) is 0 Å². The monoisotopic (exact) mass is 291 g/mol. The number of carboxylic acid groups (broad SMARTS) is 3. The van der Waals surface area contributed by atoms with E-state index in [1.54, 1.807) is 0 Å². The van der Waals surface area contributed by atoms with Crippen molar-refractivity contribution >= 4 is 23.8 Å². The molecule has 0 aliphatic heterocycles. The fourth-order valence-corrected chi connectivity index (χ4v) is 1.27. The van der Waals surface area contributed by atoms with Crippen LogP contribution in [0.1, 0.15) is 25.7 Å². The zero-order valence-corrected chi connectivity index (χ0v) is 10.5. The number of carbonyl (C=O) groups excluding carboxylic acids is 1. The molecule has 0 aromatic rings. The van der Waals surface area contributed by atoms with Crippen LogP contribution < -0.4 is 16.6 Å². The molecule has 0 saturated carbocycles. The molecule has 1 amide bonds. The van der Waals surface area contributed by atoms with Gasteiger partial charge >= 0.3 is 17.9 Å². The Morgan fingerprint density at radius 1 is 0.850 bits per heavy atom. The second kappa shape index (κ2) is 8.82. The van der Waals surface area contributed by atoms with Gasteiger partial charge in [0.1, 0.15) is 12.1 Å². The highest BCUT2D eigenvalue weighted by Gasteiger charge is 2.23. The molecule has 0 saturated heterocycles. The maximum Gasteiger partial charge on any atom is 0.322 e. The third-order valence-electron chi connectivity index (χ3n) is 2.35. The second-order valence-electron chi connectivity index (χ2n) is 4.01. The lowest BCUT2D eigenvalue weighted by Gasteiger charge is -2.19. The highest BCUT2D eigenvalue weighted by Crippen LogP contribution is 2.00. The van der Waals surface area contributed by atoms with Crippen molar-refractivity contribution < 1.29 is 34.5 Å². The van der Waals surface area contributed by atoms with E-state index in [0.717, 1.165) is 0 Å². The predicted molar refractivity (Wildman–Crippen MR) is 64.4 cm³/mol. The lowest BCUT2D eigenvalue weighted by atomic mass is 10.1. The highest BCUT2D eigenvalue weighted by atomic mass is 16.4. The third-order valence-corrected chi connectivity index (χ3v) is 2.35. The molecule has 0 bridgehead atoms. The maximum atomic E-state index is 10.9. The van der Waals surface area contributed by atoms with Crippen molar-refractivity contribution in [1.82, 2.24) is 10.9 Å². The third kappa shape index (κ3) is 8.00. The number of nitrogens with two attached hydrogens (primary N) is 1. The van der Waals surface area contributed by atoms with Crippen LogP contribution in [0.2, 0.25) is 0 Å². The molecule has 0 aromatic carbocycles. The average molecular weight is 291 g/mol. The summed E-state index contributed by atoms with van der Waals surface area (Å²) < 4.78 is 0. The number of nitrogens with one attached hydrogen (secondary N) is 2. The number of aliphatic carboxylic acids is 3. The van der Waals surface area contributed by atoms with E-state index in [9.17, 15) is 19.2 Å². The molecule has 0 fully saturated rings. The fourth-order valence-electron chi connectivity index (χ4n) is 1.27. The summed E-state index contributed by atoms with van der Waals surface area (Å²) in [6.45, 7) is 0. The summed E-state index contributed by atoms with van der Waals surface area (Å²) in [5, 5.41) is 26.2. The number of hydrogen-bond donors (Lipinski definition) is 6. The topological polar surface area (TPSA) is 179 Å². The van der Waals surface area contributed by atoms with E-state index in [1.807, 2.05) is 0 Å². The zero-order chi connectivity index (χ0) is 15.7. The Bertz CT molecular complexity index is 349. The van der Waals surface area contributed by atoms with E-state index in [0.29, 0.717) is 0 Å². The molecule has 10 heteroatoms. The molecular weight excluding hydrogens is 274 g/mol. The normalized spacial score (nSPS) is 13.4. The molecule has 0 aliphatic carbocycles. The second-order valence-corrected chi connectivity index (χ2v) is 4.01. The molecule has 20 heavy (non-hydrogen) atoms. The van der Waals surface area contributed by atoms with Crippen LogP contribution in [-0.4, -0.2) is 51.2 Å². The number of hydrogen-bond acceptors (Lipinski definition) is 6. The largest absolute Gasteiger partial charge is 0.481 e. The van der Waals surface area contributed by atoms with Crippen LogP contribution in [0.5, 0.6) is 0 Å². The van der Waals surface area contributed by atoms with Gasteiger partial charge in [0.15, 0.2) is 0 Å². The van der Waals surface area contributed by atoms with Gasteiger partial charge in [-0.2, -0.15) is 0 Å². The van der Waals surface area contributed by atoms with Gasteiger partial charge in [0, 0.05) is 12.8 Å². The summed E-state index contributed by atoms with van der Waals surface area (Å²) in [4.78, 5) is 42.6. The molecule has 10 nitrogen and oxygen atoms in total. The molecule has 0 rings (SSSR count). The highest BCUT2D eigenvalue weighted by molar-refractivity contribution is 5.77. The van der Waals surface area contributed by atoms with Gasteiger partial charge in [-0.15, -0.1) is 0 Å². The summed E-state index contributed by atoms with van der Waals surface area (Å²) in [5.41, 5.74) is 9.37. The number of rotatable bonds is 11. The maximum absolute atomic E-state index is 10.9. The molecule has 7 N–H and O–H groups in total. The fraction of sp³-hybridized carbons (Fsp3) is 0.600. The number of carbonyl (C=O) groups is 4. The van der Waals surface area contributed by atoms with Gasteiger partial charge in [-0.25, -0.2) is 10.9 Å². The summed E-state index contributed by atoms with van der Waals surface area (Å²) >= 11 is 0. The van der Waals surface area contributed by atoms with E-state index < -0.39 is 35.9 Å². The molecule has 2 atom stereocenters. The van der Waals surface area contributed by atoms with Gasteiger partial charge < -0.3 is 21.1 Å². The minimum atomic E-state index is -1.32. The summed E-state index contributed by atoms with van der Waals surface area (Å²) in [6.07, 6.45) is -0.911. The summed E-state index contributed by atoms with van der Waals surface area (Å²) in [7, 11) is 0. The van der Waals surface area contributed by atoms with E-state index >= 15 is 0 Å². The Hall–Kier alpha value is -2.20. The van der Waals surface area contributed by atoms with Crippen molar-refractivity contribution in [3.05, 3.63) is 0 Å². The average Bonchev–Trinajstić information content (AvgIpc) is 2.30. The Morgan fingerprint density at radius 2 is 1.25 bits per heavy atom. The Morgan fingerprint density at radius 3 is 1.55 bits per heavy atom. The first-order valence-electron chi connectivity index (χ1n) is 5.70. The van der Waals surface area contributed by atoms with Crippen LogP contribution >= 0.6 is 0 Å².